The van der Waals surface area contributed by atoms with Gasteiger partial charge in [0.15, 0.2) is 0 Å². The third kappa shape index (κ3) is 2.60. The Hall–Kier alpha value is -2.99. The van der Waals surface area contributed by atoms with Gasteiger partial charge in [-0.2, -0.15) is 0 Å². The molecule has 6 heteroatoms. The summed E-state index contributed by atoms with van der Waals surface area (Å²) in [6.45, 7) is 0. The van der Waals surface area contributed by atoms with Gasteiger partial charge >= 0.3 is 0 Å². The number of imide groups is 1. The highest BCUT2D eigenvalue weighted by Crippen LogP contribution is 2.25. The van der Waals surface area contributed by atoms with Gasteiger partial charge in [-0.1, -0.05) is 42.5 Å². The molecule has 0 spiro atoms. The SMILES string of the molecule is NNC(=O)[C@H](Cc1ccccc1)N1C(=O)c2ccccc2C1=O. The quantitative estimate of drug-likeness (QED) is 0.379. The van der Waals surface area contributed by atoms with Gasteiger partial charge in [-0.3, -0.25) is 24.7 Å². The van der Waals surface area contributed by atoms with E-state index in [1.807, 2.05) is 35.8 Å². The molecule has 0 saturated carbocycles. The first kappa shape index (κ1) is 14.9. The van der Waals surface area contributed by atoms with Gasteiger partial charge in [0.2, 0.25) is 0 Å². The molecule has 6 nitrogen and oxygen atoms in total. The molecular weight excluding hydrogens is 294 g/mol. The fraction of sp³-hybridized carbons (Fsp3) is 0.118. The molecule has 0 radical (unpaired) electrons. The molecule has 3 rings (SSSR count). The summed E-state index contributed by atoms with van der Waals surface area (Å²) < 4.78 is 0. The van der Waals surface area contributed by atoms with Crippen LogP contribution in [0.15, 0.2) is 54.6 Å². The lowest BCUT2D eigenvalue weighted by Gasteiger charge is -2.24. The number of amides is 3. The first-order valence-electron chi connectivity index (χ1n) is 7.14. The molecule has 1 aliphatic rings. The number of carbonyl (C=O) groups excluding carboxylic acids is 3. The Bertz CT molecular complexity index is 739. The zero-order chi connectivity index (χ0) is 16.4. The molecule has 0 bridgehead atoms. The van der Waals surface area contributed by atoms with E-state index in [2.05, 4.69) is 0 Å². The molecule has 1 aliphatic heterocycles. The van der Waals surface area contributed by atoms with Gasteiger partial charge in [0.05, 0.1) is 11.1 Å². The van der Waals surface area contributed by atoms with Crippen molar-refractivity contribution in [3.63, 3.8) is 0 Å². The minimum Gasteiger partial charge on any atom is -0.292 e. The molecule has 0 aliphatic carbocycles. The van der Waals surface area contributed by atoms with Gasteiger partial charge in [0.25, 0.3) is 17.7 Å². The van der Waals surface area contributed by atoms with Crippen LogP contribution in [-0.4, -0.2) is 28.7 Å². The van der Waals surface area contributed by atoms with E-state index >= 15 is 0 Å². The van der Waals surface area contributed by atoms with Crippen molar-refractivity contribution in [2.75, 3.05) is 0 Å². The summed E-state index contributed by atoms with van der Waals surface area (Å²) in [4.78, 5) is 38.2. The summed E-state index contributed by atoms with van der Waals surface area (Å²) in [5.74, 6) is 3.71. The maximum atomic E-state index is 12.5. The summed E-state index contributed by atoms with van der Waals surface area (Å²) in [6.07, 6.45) is 0.204. The number of hydrazine groups is 1. The Labute approximate surface area is 132 Å². The van der Waals surface area contributed by atoms with E-state index in [1.165, 1.54) is 0 Å². The van der Waals surface area contributed by atoms with Crippen LogP contribution in [0.4, 0.5) is 0 Å². The lowest BCUT2D eigenvalue weighted by molar-refractivity contribution is -0.125. The van der Waals surface area contributed by atoms with Gasteiger partial charge in [0, 0.05) is 6.42 Å². The highest BCUT2D eigenvalue weighted by Gasteiger charge is 2.42. The van der Waals surface area contributed by atoms with Gasteiger partial charge in [0.1, 0.15) is 6.04 Å². The number of hydrogen-bond donors (Lipinski definition) is 2. The lowest BCUT2D eigenvalue weighted by atomic mass is 10.0. The lowest BCUT2D eigenvalue weighted by Crippen LogP contribution is -2.52. The van der Waals surface area contributed by atoms with E-state index in [0.717, 1.165) is 10.5 Å². The van der Waals surface area contributed by atoms with Gasteiger partial charge in [-0.15, -0.1) is 0 Å². The molecule has 1 heterocycles. The summed E-state index contributed by atoms with van der Waals surface area (Å²) in [6, 6.07) is 14.7. The number of fused-ring (bicyclic) bond motifs is 1. The Morgan fingerprint density at radius 2 is 1.48 bits per heavy atom. The average Bonchev–Trinajstić information content (AvgIpc) is 2.85. The largest absolute Gasteiger partial charge is 0.292 e. The molecule has 0 unspecified atom stereocenters. The number of nitrogens with zero attached hydrogens (tertiary/aromatic N) is 1. The van der Waals surface area contributed by atoms with Crippen molar-refractivity contribution in [3.8, 4) is 0 Å². The maximum Gasteiger partial charge on any atom is 0.262 e. The molecule has 0 aromatic heterocycles. The van der Waals surface area contributed by atoms with Crippen LogP contribution in [0, 0.1) is 0 Å². The first-order valence-corrected chi connectivity index (χ1v) is 7.14. The molecule has 3 amide bonds. The Kier molecular flexibility index (Phi) is 3.91. The third-order valence-corrected chi connectivity index (χ3v) is 3.85. The van der Waals surface area contributed by atoms with Gasteiger partial charge in [-0.25, -0.2) is 5.84 Å². The molecule has 23 heavy (non-hydrogen) atoms. The molecule has 116 valence electrons. The predicted molar refractivity (Wildman–Crippen MR) is 83.2 cm³/mol. The van der Waals surface area contributed by atoms with Gasteiger partial charge in [-0.05, 0) is 17.7 Å². The fourth-order valence-electron chi connectivity index (χ4n) is 2.73. The maximum absolute atomic E-state index is 12.5. The van der Waals surface area contributed by atoms with E-state index in [0.29, 0.717) is 11.1 Å². The van der Waals surface area contributed by atoms with Crippen LogP contribution >= 0.6 is 0 Å². The van der Waals surface area contributed by atoms with Crippen LogP contribution in [0.1, 0.15) is 26.3 Å². The summed E-state index contributed by atoms with van der Waals surface area (Å²) in [7, 11) is 0. The number of nitrogens with two attached hydrogens (primary N) is 1. The van der Waals surface area contributed by atoms with E-state index in [1.54, 1.807) is 24.3 Å². The Morgan fingerprint density at radius 1 is 0.957 bits per heavy atom. The van der Waals surface area contributed by atoms with Gasteiger partial charge < -0.3 is 0 Å². The molecular formula is C17H15N3O3. The van der Waals surface area contributed by atoms with E-state index in [-0.39, 0.29) is 6.42 Å². The first-order chi connectivity index (χ1) is 11.1. The number of benzene rings is 2. The van der Waals surface area contributed by atoms with Crippen LogP contribution < -0.4 is 11.3 Å². The highest BCUT2D eigenvalue weighted by molar-refractivity contribution is 6.22. The Morgan fingerprint density at radius 3 is 2.00 bits per heavy atom. The second kappa shape index (κ2) is 6.02. The standard InChI is InChI=1S/C17H15N3O3/c18-19-15(21)14(10-11-6-2-1-3-7-11)20-16(22)12-8-4-5-9-13(12)17(20)23/h1-9,14H,10,18H2,(H,19,21)/t14-/m0/s1. The van der Waals surface area contributed by atoms with Crippen molar-refractivity contribution < 1.29 is 14.4 Å². The van der Waals surface area contributed by atoms with E-state index in [9.17, 15) is 14.4 Å². The molecule has 2 aromatic rings. The number of carbonyl (C=O) groups is 3. The summed E-state index contributed by atoms with van der Waals surface area (Å²) in [5, 5.41) is 0. The minimum atomic E-state index is -0.991. The van der Waals surface area contributed by atoms with E-state index in [4.69, 9.17) is 5.84 Å². The molecule has 0 saturated heterocycles. The van der Waals surface area contributed by atoms with E-state index < -0.39 is 23.8 Å². The van der Waals surface area contributed by atoms with Crippen LogP contribution in [0.2, 0.25) is 0 Å². The molecule has 2 aromatic carbocycles. The predicted octanol–water partition coefficient (Wildman–Crippen LogP) is 0.884. The van der Waals surface area contributed by atoms with Crippen LogP contribution in [-0.2, 0) is 11.2 Å². The monoisotopic (exact) mass is 309 g/mol. The number of rotatable bonds is 4. The van der Waals surface area contributed by atoms with Crippen molar-refractivity contribution in [3.05, 3.63) is 71.3 Å². The third-order valence-electron chi connectivity index (χ3n) is 3.85. The average molecular weight is 309 g/mol. The summed E-state index contributed by atoms with van der Waals surface area (Å²) >= 11 is 0. The number of nitrogens with one attached hydrogen (secondary N) is 1. The molecule has 1 atom stereocenters. The smallest absolute Gasteiger partial charge is 0.262 e. The second-order valence-corrected chi connectivity index (χ2v) is 5.24. The zero-order valence-electron chi connectivity index (χ0n) is 12.2. The topological polar surface area (TPSA) is 92.5 Å². The van der Waals surface area contributed by atoms with Crippen molar-refractivity contribution in [2.24, 2.45) is 5.84 Å². The van der Waals surface area contributed by atoms with Crippen molar-refractivity contribution in [1.29, 1.82) is 0 Å². The molecule has 3 N–H and O–H groups in total. The van der Waals surface area contributed by atoms with Crippen molar-refractivity contribution in [1.82, 2.24) is 10.3 Å². The minimum absolute atomic E-state index is 0.204. The Balaban J connectivity index is 1.97. The van der Waals surface area contributed by atoms with Crippen molar-refractivity contribution in [2.45, 2.75) is 12.5 Å². The zero-order valence-corrected chi connectivity index (χ0v) is 12.2. The highest BCUT2D eigenvalue weighted by atomic mass is 16.2. The van der Waals surface area contributed by atoms with Crippen LogP contribution in [0.25, 0.3) is 0 Å². The van der Waals surface area contributed by atoms with Crippen molar-refractivity contribution >= 4 is 17.7 Å². The molecule has 0 fully saturated rings. The van der Waals surface area contributed by atoms with Crippen LogP contribution in [0.3, 0.4) is 0 Å². The second-order valence-electron chi connectivity index (χ2n) is 5.24. The fourth-order valence-corrected chi connectivity index (χ4v) is 2.73. The number of hydrogen-bond acceptors (Lipinski definition) is 4. The normalized spacial score (nSPS) is 14.6. The summed E-state index contributed by atoms with van der Waals surface area (Å²) in [5.41, 5.74) is 3.49. The van der Waals surface area contributed by atoms with Crippen LogP contribution in [0.5, 0.6) is 0 Å².